The first-order chi connectivity index (χ1) is 8.47. The Labute approximate surface area is 112 Å². The average molecular weight is 261 g/mol. The molecule has 0 fully saturated rings. The Morgan fingerprint density at radius 2 is 2.00 bits per heavy atom. The first kappa shape index (κ1) is 12.9. The molecule has 0 aliphatic heterocycles. The van der Waals surface area contributed by atoms with Crippen LogP contribution < -0.4 is 11.1 Å². The first-order valence-electron chi connectivity index (χ1n) is 6.03. The largest absolute Gasteiger partial charge is 0.398 e. The smallest absolute Gasteiger partial charge is 0.128 e. The maximum absolute atomic E-state index is 5.89. The van der Waals surface area contributed by atoms with Crippen LogP contribution in [0.5, 0.6) is 0 Å². The van der Waals surface area contributed by atoms with Crippen molar-refractivity contribution in [3.05, 3.63) is 39.2 Å². The lowest BCUT2D eigenvalue weighted by molar-refractivity contribution is 0.871. The molecule has 0 spiro atoms. The van der Waals surface area contributed by atoms with Crippen LogP contribution in [0.2, 0.25) is 0 Å². The highest BCUT2D eigenvalue weighted by atomic mass is 32.1. The highest BCUT2D eigenvalue weighted by Gasteiger charge is 2.11. The van der Waals surface area contributed by atoms with Gasteiger partial charge < -0.3 is 11.1 Å². The van der Waals surface area contributed by atoms with E-state index in [9.17, 15) is 0 Å². The quantitative estimate of drug-likeness (QED) is 0.883. The van der Waals surface area contributed by atoms with E-state index in [2.05, 4.69) is 37.1 Å². The van der Waals surface area contributed by atoms with Crippen molar-refractivity contribution in [1.29, 1.82) is 0 Å². The molecule has 1 unspecified atom stereocenters. The minimum Gasteiger partial charge on any atom is -0.398 e. The van der Waals surface area contributed by atoms with E-state index in [1.54, 1.807) is 6.20 Å². The Kier molecular flexibility index (Phi) is 3.57. The predicted octanol–water partition coefficient (Wildman–Crippen LogP) is 3.82. The molecule has 0 amide bonds. The van der Waals surface area contributed by atoms with Gasteiger partial charge in [0.05, 0.1) is 6.04 Å². The minimum absolute atomic E-state index is 0.240. The molecule has 96 valence electrons. The lowest BCUT2D eigenvalue weighted by Gasteiger charge is -2.15. The molecular formula is C14H19N3S. The van der Waals surface area contributed by atoms with E-state index in [1.165, 1.54) is 15.3 Å². The lowest BCUT2D eigenvalue weighted by atomic mass is 10.1. The number of aryl methyl sites for hydroxylation is 3. The molecule has 0 aliphatic carbocycles. The van der Waals surface area contributed by atoms with Crippen molar-refractivity contribution >= 4 is 22.8 Å². The molecule has 0 aromatic carbocycles. The Hall–Kier alpha value is -1.55. The van der Waals surface area contributed by atoms with Crippen LogP contribution in [0.25, 0.3) is 0 Å². The molecular weight excluding hydrogens is 242 g/mol. The number of rotatable bonds is 3. The van der Waals surface area contributed by atoms with Gasteiger partial charge in [0.2, 0.25) is 0 Å². The second-order valence-corrected chi connectivity index (χ2v) is 6.12. The summed E-state index contributed by atoms with van der Waals surface area (Å²) in [6.07, 6.45) is 1.80. The summed E-state index contributed by atoms with van der Waals surface area (Å²) in [5.41, 5.74) is 9.01. The molecule has 0 bridgehead atoms. The predicted molar refractivity (Wildman–Crippen MR) is 79.2 cm³/mol. The molecule has 0 aliphatic rings. The molecule has 4 heteroatoms. The maximum atomic E-state index is 5.89. The fraction of sp³-hybridized carbons (Fsp3) is 0.357. The van der Waals surface area contributed by atoms with Gasteiger partial charge in [0.25, 0.3) is 0 Å². The highest BCUT2D eigenvalue weighted by molar-refractivity contribution is 7.12. The van der Waals surface area contributed by atoms with Gasteiger partial charge >= 0.3 is 0 Å². The molecule has 1 atom stereocenters. The Morgan fingerprint density at radius 1 is 1.28 bits per heavy atom. The van der Waals surface area contributed by atoms with Gasteiger partial charge in [-0.25, -0.2) is 4.98 Å². The van der Waals surface area contributed by atoms with Crippen molar-refractivity contribution in [3.8, 4) is 0 Å². The average Bonchev–Trinajstić information content (AvgIpc) is 2.63. The van der Waals surface area contributed by atoms with Crippen molar-refractivity contribution < 1.29 is 0 Å². The van der Waals surface area contributed by atoms with Crippen molar-refractivity contribution in [2.45, 2.75) is 33.7 Å². The topological polar surface area (TPSA) is 50.9 Å². The standard InChI is InChI=1S/C14H19N3S/c1-8-7-16-14(6-13(8)15)17-10(3)12-5-9(2)18-11(12)4/h5-7,10H,1-4H3,(H3,15,16,17). The van der Waals surface area contributed by atoms with E-state index in [0.29, 0.717) is 0 Å². The van der Waals surface area contributed by atoms with Crippen LogP contribution in [-0.4, -0.2) is 4.98 Å². The zero-order valence-electron chi connectivity index (χ0n) is 11.2. The van der Waals surface area contributed by atoms with Crippen molar-refractivity contribution in [2.75, 3.05) is 11.1 Å². The molecule has 2 rings (SSSR count). The number of pyridine rings is 1. The van der Waals surface area contributed by atoms with Gasteiger partial charge in [-0.1, -0.05) is 0 Å². The number of hydrogen-bond acceptors (Lipinski definition) is 4. The second-order valence-electron chi connectivity index (χ2n) is 4.66. The molecule has 2 aromatic rings. The van der Waals surface area contributed by atoms with E-state index in [-0.39, 0.29) is 6.04 Å². The van der Waals surface area contributed by atoms with E-state index in [4.69, 9.17) is 5.73 Å². The number of anilines is 2. The van der Waals surface area contributed by atoms with Crippen LogP contribution in [0.4, 0.5) is 11.5 Å². The van der Waals surface area contributed by atoms with E-state index in [1.807, 2.05) is 24.3 Å². The van der Waals surface area contributed by atoms with Crippen LogP contribution in [0.3, 0.4) is 0 Å². The van der Waals surface area contributed by atoms with Crippen LogP contribution in [-0.2, 0) is 0 Å². The van der Waals surface area contributed by atoms with Gasteiger partial charge in [0.1, 0.15) is 5.82 Å². The van der Waals surface area contributed by atoms with Gasteiger partial charge in [-0.05, 0) is 44.9 Å². The number of nitrogens with zero attached hydrogens (tertiary/aromatic N) is 1. The van der Waals surface area contributed by atoms with Gasteiger partial charge in [-0.3, -0.25) is 0 Å². The van der Waals surface area contributed by atoms with Crippen LogP contribution in [0.15, 0.2) is 18.3 Å². The summed E-state index contributed by atoms with van der Waals surface area (Å²) in [6, 6.07) is 4.36. The normalized spacial score (nSPS) is 12.4. The molecule has 2 aromatic heterocycles. The molecule has 0 radical (unpaired) electrons. The summed E-state index contributed by atoms with van der Waals surface area (Å²) in [5, 5.41) is 3.40. The zero-order chi connectivity index (χ0) is 13.3. The molecule has 18 heavy (non-hydrogen) atoms. The highest BCUT2D eigenvalue weighted by Crippen LogP contribution is 2.28. The maximum Gasteiger partial charge on any atom is 0.128 e. The van der Waals surface area contributed by atoms with Crippen LogP contribution >= 0.6 is 11.3 Å². The number of nitrogens with one attached hydrogen (secondary N) is 1. The van der Waals surface area contributed by atoms with Crippen molar-refractivity contribution in [1.82, 2.24) is 4.98 Å². The summed E-state index contributed by atoms with van der Waals surface area (Å²) < 4.78 is 0. The van der Waals surface area contributed by atoms with Crippen LogP contribution in [0, 0.1) is 20.8 Å². The van der Waals surface area contributed by atoms with Gasteiger partial charge in [-0.2, -0.15) is 0 Å². The lowest BCUT2D eigenvalue weighted by Crippen LogP contribution is -2.08. The summed E-state index contributed by atoms with van der Waals surface area (Å²) in [6.45, 7) is 8.40. The molecule has 0 saturated carbocycles. The summed E-state index contributed by atoms with van der Waals surface area (Å²) in [7, 11) is 0. The number of nitrogens with two attached hydrogens (primary N) is 1. The minimum atomic E-state index is 0.240. The van der Waals surface area contributed by atoms with E-state index < -0.39 is 0 Å². The molecule has 0 saturated heterocycles. The number of aromatic nitrogens is 1. The fourth-order valence-corrected chi connectivity index (χ4v) is 3.02. The van der Waals surface area contributed by atoms with Crippen LogP contribution in [0.1, 0.15) is 33.8 Å². The zero-order valence-corrected chi connectivity index (χ0v) is 12.1. The number of thiophene rings is 1. The van der Waals surface area contributed by atoms with Gasteiger partial charge in [-0.15, -0.1) is 11.3 Å². The number of hydrogen-bond donors (Lipinski definition) is 2. The third-order valence-electron chi connectivity index (χ3n) is 3.06. The molecule has 2 heterocycles. The first-order valence-corrected chi connectivity index (χ1v) is 6.84. The Morgan fingerprint density at radius 3 is 2.56 bits per heavy atom. The fourth-order valence-electron chi connectivity index (χ4n) is 2.00. The van der Waals surface area contributed by atoms with Crippen molar-refractivity contribution in [3.63, 3.8) is 0 Å². The molecule has 3 nitrogen and oxygen atoms in total. The third-order valence-corrected chi connectivity index (χ3v) is 4.04. The SMILES string of the molecule is Cc1cc(C(C)Nc2cc(N)c(C)cn2)c(C)s1. The summed E-state index contributed by atoms with van der Waals surface area (Å²) in [4.78, 5) is 7.05. The van der Waals surface area contributed by atoms with E-state index >= 15 is 0 Å². The molecule has 3 N–H and O–H groups in total. The summed E-state index contributed by atoms with van der Waals surface area (Å²) in [5.74, 6) is 0.828. The Bertz CT molecular complexity index is 560. The van der Waals surface area contributed by atoms with Gasteiger partial charge in [0, 0.05) is 27.7 Å². The van der Waals surface area contributed by atoms with E-state index in [0.717, 1.165) is 17.1 Å². The monoisotopic (exact) mass is 261 g/mol. The summed E-state index contributed by atoms with van der Waals surface area (Å²) >= 11 is 1.83. The second kappa shape index (κ2) is 4.98. The third kappa shape index (κ3) is 2.64. The van der Waals surface area contributed by atoms with Gasteiger partial charge in [0.15, 0.2) is 0 Å². The Balaban J connectivity index is 2.18. The number of nitrogen functional groups attached to an aromatic ring is 1. The van der Waals surface area contributed by atoms with Crippen molar-refractivity contribution in [2.24, 2.45) is 0 Å².